The first-order valence-electron chi connectivity index (χ1n) is 5.63. The second-order valence-electron chi connectivity index (χ2n) is 3.80. The maximum atomic E-state index is 5.70. The van der Waals surface area contributed by atoms with Crippen LogP contribution in [-0.2, 0) is 4.74 Å². The molecule has 2 rings (SSSR count). The first kappa shape index (κ1) is 11.2. The third kappa shape index (κ3) is 3.36. The van der Waals surface area contributed by atoms with Crippen molar-refractivity contribution in [1.82, 2.24) is 10.2 Å². The van der Waals surface area contributed by atoms with Gasteiger partial charge in [-0.3, -0.25) is 9.89 Å². The monoisotopic (exact) mass is 229 g/mol. The standard InChI is InChI=1S/C10H19N3OS/c1-2-13-4-5-14-9(8-13)7-12-10-11-3-6-15-10/h9H,2-8H2,1H3,(H,11,12). The van der Waals surface area contributed by atoms with Crippen molar-refractivity contribution < 1.29 is 4.74 Å². The molecule has 2 heterocycles. The van der Waals surface area contributed by atoms with Gasteiger partial charge < -0.3 is 10.1 Å². The number of ether oxygens (including phenoxy) is 1. The zero-order chi connectivity index (χ0) is 10.5. The quantitative estimate of drug-likeness (QED) is 0.760. The average Bonchev–Trinajstić information content (AvgIpc) is 2.79. The van der Waals surface area contributed by atoms with Gasteiger partial charge in [0.1, 0.15) is 0 Å². The summed E-state index contributed by atoms with van der Waals surface area (Å²) in [6.45, 7) is 8.15. The molecule has 2 aliphatic heterocycles. The Bertz CT molecular complexity index is 235. The van der Waals surface area contributed by atoms with E-state index in [9.17, 15) is 0 Å². The van der Waals surface area contributed by atoms with E-state index in [0.717, 1.165) is 50.3 Å². The van der Waals surface area contributed by atoms with E-state index in [2.05, 4.69) is 22.1 Å². The highest BCUT2D eigenvalue weighted by molar-refractivity contribution is 8.14. The van der Waals surface area contributed by atoms with Crippen molar-refractivity contribution in [3.8, 4) is 0 Å². The number of hydrogen-bond donors (Lipinski definition) is 1. The van der Waals surface area contributed by atoms with Crippen LogP contribution in [0.4, 0.5) is 0 Å². The van der Waals surface area contributed by atoms with Crippen LogP contribution in [0.25, 0.3) is 0 Å². The van der Waals surface area contributed by atoms with E-state index < -0.39 is 0 Å². The molecular formula is C10H19N3OS. The molecule has 1 N–H and O–H groups in total. The Morgan fingerprint density at radius 1 is 1.67 bits per heavy atom. The molecule has 0 amide bonds. The first-order chi connectivity index (χ1) is 7.38. The van der Waals surface area contributed by atoms with Gasteiger partial charge in [0.2, 0.25) is 0 Å². The number of rotatable bonds is 3. The van der Waals surface area contributed by atoms with Gasteiger partial charge in [-0.25, -0.2) is 0 Å². The van der Waals surface area contributed by atoms with Crippen LogP contribution in [0, 0.1) is 0 Å². The van der Waals surface area contributed by atoms with E-state index in [-0.39, 0.29) is 0 Å². The Kier molecular flexibility index (Phi) is 4.29. The van der Waals surface area contributed by atoms with Crippen LogP contribution < -0.4 is 5.32 Å². The van der Waals surface area contributed by atoms with Crippen molar-refractivity contribution >= 4 is 16.9 Å². The third-order valence-electron chi connectivity index (χ3n) is 2.74. The van der Waals surface area contributed by atoms with Gasteiger partial charge in [-0.15, -0.1) is 0 Å². The zero-order valence-corrected chi connectivity index (χ0v) is 10.1. The van der Waals surface area contributed by atoms with Gasteiger partial charge in [0.15, 0.2) is 5.17 Å². The highest BCUT2D eigenvalue weighted by Crippen LogP contribution is 2.10. The molecule has 1 fully saturated rings. The molecule has 0 aliphatic carbocycles. The molecule has 15 heavy (non-hydrogen) atoms. The molecule has 0 radical (unpaired) electrons. The Morgan fingerprint density at radius 3 is 3.33 bits per heavy atom. The van der Waals surface area contributed by atoms with Crippen LogP contribution in [0.2, 0.25) is 0 Å². The zero-order valence-electron chi connectivity index (χ0n) is 9.24. The Balaban J connectivity index is 1.69. The highest BCUT2D eigenvalue weighted by Gasteiger charge is 2.19. The summed E-state index contributed by atoms with van der Waals surface area (Å²) in [5.41, 5.74) is 0. The van der Waals surface area contributed by atoms with E-state index in [1.54, 1.807) is 0 Å². The summed E-state index contributed by atoms with van der Waals surface area (Å²) in [6.07, 6.45) is 0.322. The van der Waals surface area contributed by atoms with Gasteiger partial charge in [0.05, 0.1) is 19.3 Å². The lowest BCUT2D eigenvalue weighted by atomic mass is 10.2. The van der Waals surface area contributed by atoms with Crippen LogP contribution in [0.3, 0.4) is 0 Å². The number of nitrogens with one attached hydrogen (secondary N) is 1. The molecule has 1 unspecified atom stereocenters. The summed E-state index contributed by atoms with van der Waals surface area (Å²) >= 11 is 1.81. The molecule has 1 saturated heterocycles. The number of likely N-dealkylation sites (N-methyl/N-ethyl adjacent to an activating group) is 1. The molecule has 1 atom stereocenters. The number of nitrogens with zero attached hydrogens (tertiary/aromatic N) is 2. The van der Waals surface area contributed by atoms with Gasteiger partial charge in [-0.05, 0) is 6.54 Å². The maximum absolute atomic E-state index is 5.70. The normalized spacial score (nSPS) is 27.8. The third-order valence-corrected chi connectivity index (χ3v) is 3.67. The van der Waals surface area contributed by atoms with E-state index in [4.69, 9.17) is 4.74 Å². The van der Waals surface area contributed by atoms with Gasteiger partial charge in [-0.1, -0.05) is 18.7 Å². The van der Waals surface area contributed by atoms with Crippen molar-refractivity contribution in [2.45, 2.75) is 13.0 Å². The lowest BCUT2D eigenvalue weighted by Crippen LogP contribution is -2.46. The summed E-state index contributed by atoms with van der Waals surface area (Å²) in [5.74, 6) is 1.12. The van der Waals surface area contributed by atoms with Gasteiger partial charge in [-0.2, -0.15) is 0 Å². The lowest BCUT2D eigenvalue weighted by molar-refractivity contribution is -0.0232. The van der Waals surface area contributed by atoms with Crippen molar-refractivity contribution in [2.24, 2.45) is 4.99 Å². The topological polar surface area (TPSA) is 36.9 Å². The van der Waals surface area contributed by atoms with Crippen molar-refractivity contribution in [3.05, 3.63) is 0 Å². The minimum absolute atomic E-state index is 0.322. The van der Waals surface area contributed by atoms with Gasteiger partial charge in [0, 0.05) is 25.4 Å². The highest BCUT2D eigenvalue weighted by atomic mass is 32.2. The molecule has 0 saturated carbocycles. The maximum Gasteiger partial charge on any atom is 0.156 e. The largest absolute Gasteiger partial charge is 0.374 e. The SMILES string of the molecule is CCN1CCOC(CNC2=NCCS2)C1. The first-order valence-corrected chi connectivity index (χ1v) is 6.62. The molecule has 0 bridgehead atoms. The van der Waals surface area contributed by atoms with Gasteiger partial charge >= 0.3 is 0 Å². The smallest absolute Gasteiger partial charge is 0.156 e. The van der Waals surface area contributed by atoms with Crippen LogP contribution in [-0.4, -0.2) is 61.3 Å². The fourth-order valence-electron chi connectivity index (χ4n) is 1.83. The average molecular weight is 229 g/mol. The molecule has 86 valence electrons. The number of amidine groups is 1. The summed E-state index contributed by atoms with van der Waals surface area (Å²) in [7, 11) is 0. The minimum atomic E-state index is 0.322. The fourth-order valence-corrected chi connectivity index (χ4v) is 2.58. The van der Waals surface area contributed by atoms with E-state index in [0.29, 0.717) is 6.10 Å². The number of morpholine rings is 1. The van der Waals surface area contributed by atoms with Crippen LogP contribution in [0.15, 0.2) is 4.99 Å². The second-order valence-corrected chi connectivity index (χ2v) is 4.89. The Morgan fingerprint density at radius 2 is 2.60 bits per heavy atom. The summed E-state index contributed by atoms with van der Waals surface area (Å²) in [4.78, 5) is 6.79. The molecule has 0 spiro atoms. The molecular weight excluding hydrogens is 210 g/mol. The summed E-state index contributed by atoms with van der Waals surface area (Å²) < 4.78 is 5.70. The number of aliphatic imine (C=N–C) groups is 1. The molecule has 0 aromatic rings. The molecule has 2 aliphatic rings. The molecule has 0 aromatic heterocycles. The number of thioether (sulfide) groups is 1. The van der Waals surface area contributed by atoms with E-state index >= 15 is 0 Å². The van der Waals surface area contributed by atoms with Gasteiger partial charge in [0.25, 0.3) is 0 Å². The molecule has 5 heteroatoms. The van der Waals surface area contributed by atoms with E-state index in [1.807, 2.05) is 11.8 Å². The van der Waals surface area contributed by atoms with Crippen molar-refractivity contribution in [2.75, 3.05) is 45.1 Å². The summed E-state index contributed by atoms with van der Waals surface area (Å²) in [6, 6.07) is 0. The summed E-state index contributed by atoms with van der Waals surface area (Å²) in [5, 5.41) is 4.45. The van der Waals surface area contributed by atoms with Crippen LogP contribution >= 0.6 is 11.8 Å². The predicted molar refractivity (Wildman–Crippen MR) is 64.6 cm³/mol. The van der Waals surface area contributed by atoms with Crippen molar-refractivity contribution in [3.63, 3.8) is 0 Å². The second kappa shape index (κ2) is 5.72. The van der Waals surface area contributed by atoms with Crippen molar-refractivity contribution in [1.29, 1.82) is 0 Å². The van der Waals surface area contributed by atoms with Crippen LogP contribution in [0.1, 0.15) is 6.92 Å². The molecule has 4 nitrogen and oxygen atoms in total. The number of hydrogen-bond acceptors (Lipinski definition) is 5. The molecule has 0 aromatic carbocycles. The lowest BCUT2D eigenvalue weighted by Gasteiger charge is -2.32. The van der Waals surface area contributed by atoms with E-state index in [1.165, 1.54) is 0 Å². The Hall–Kier alpha value is -0.260. The Labute approximate surface area is 95.5 Å². The minimum Gasteiger partial charge on any atom is -0.374 e. The fraction of sp³-hybridized carbons (Fsp3) is 0.900. The van der Waals surface area contributed by atoms with Crippen LogP contribution in [0.5, 0.6) is 0 Å². The predicted octanol–water partition coefficient (Wildman–Crippen LogP) is 0.400.